The lowest BCUT2D eigenvalue weighted by molar-refractivity contribution is -0.139. The fourth-order valence-corrected chi connectivity index (χ4v) is 2.88. The van der Waals surface area contributed by atoms with Gasteiger partial charge in [-0.25, -0.2) is 8.42 Å². The maximum absolute atomic E-state index is 12.0. The minimum Gasteiger partial charge on any atom is -0.480 e. The molecular weight excluding hydrogens is 270 g/mol. The van der Waals surface area contributed by atoms with Crippen LogP contribution in [-0.2, 0) is 26.2 Å². The molecule has 19 heavy (non-hydrogen) atoms. The Hall–Kier alpha value is -1.44. The van der Waals surface area contributed by atoms with E-state index in [1.165, 1.54) is 19.2 Å². The number of nitrogens with one attached hydrogen (secondary N) is 1. The van der Waals surface area contributed by atoms with Crippen LogP contribution in [-0.4, -0.2) is 32.6 Å². The fraction of sp³-hybridized carbons (Fsp3) is 0.417. The van der Waals surface area contributed by atoms with Crippen molar-refractivity contribution in [2.24, 2.45) is 0 Å². The summed E-state index contributed by atoms with van der Waals surface area (Å²) < 4.78 is 31.2. The van der Waals surface area contributed by atoms with Crippen molar-refractivity contribution in [1.82, 2.24) is 4.72 Å². The highest BCUT2D eigenvalue weighted by Gasteiger charge is 2.23. The van der Waals surface area contributed by atoms with Gasteiger partial charge in [0.2, 0.25) is 10.0 Å². The van der Waals surface area contributed by atoms with Crippen LogP contribution >= 0.6 is 0 Å². The van der Waals surface area contributed by atoms with Gasteiger partial charge in [0.05, 0.1) is 11.5 Å². The van der Waals surface area contributed by atoms with Gasteiger partial charge < -0.3 is 9.84 Å². The number of methoxy groups -OCH3 is 1. The Labute approximate surface area is 112 Å². The molecule has 0 aliphatic carbocycles. The Morgan fingerprint density at radius 3 is 2.68 bits per heavy atom. The summed E-state index contributed by atoms with van der Waals surface area (Å²) in [5, 5.41) is 8.88. The maximum Gasteiger partial charge on any atom is 0.321 e. The largest absolute Gasteiger partial charge is 0.480 e. The van der Waals surface area contributed by atoms with Gasteiger partial charge >= 0.3 is 5.97 Å². The average molecular weight is 287 g/mol. The maximum atomic E-state index is 12.0. The first-order valence-electron chi connectivity index (χ1n) is 5.73. The molecule has 2 N–H and O–H groups in total. The van der Waals surface area contributed by atoms with Crippen molar-refractivity contribution in [3.63, 3.8) is 0 Å². The van der Waals surface area contributed by atoms with Crippen LogP contribution in [0.15, 0.2) is 29.2 Å². The van der Waals surface area contributed by atoms with E-state index >= 15 is 0 Å². The molecule has 0 spiro atoms. The third-order valence-corrected chi connectivity index (χ3v) is 3.99. The molecule has 0 radical (unpaired) electrons. The van der Waals surface area contributed by atoms with Crippen molar-refractivity contribution in [2.75, 3.05) is 7.11 Å². The summed E-state index contributed by atoms with van der Waals surface area (Å²) in [6.07, 6.45) is 0.173. The van der Waals surface area contributed by atoms with Crippen LogP contribution in [0, 0.1) is 0 Å². The first-order valence-corrected chi connectivity index (χ1v) is 7.22. The highest BCUT2D eigenvalue weighted by atomic mass is 32.2. The van der Waals surface area contributed by atoms with Crippen LogP contribution in [0.3, 0.4) is 0 Å². The Morgan fingerprint density at radius 1 is 1.47 bits per heavy atom. The van der Waals surface area contributed by atoms with Crippen molar-refractivity contribution in [1.29, 1.82) is 0 Å². The van der Waals surface area contributed by atoms with E-state index in [4.69, 9.17) is 9.84 Å². The molecule has 0 saturated heterocycles. The Kier molecular flexibility index (Phi) is 5.46. The molecule has 0 heterocycles. The standard InChI is InChI=1S/C12H17NO5S/c1-3-11(12(14)15)13-19(16,17)10-6-4-5-9(7-10)8-18-2/h4-7,11,13H,3,8H2,1-2H3,(H,14,15)/t11-/m0/s1. The van der Waals surface area contributed by atoms with Gasteiger partial charge in [-0.3, -0.25) is 4.79 Å². The molecule has 106 valence electrons. The second-order valence-electron chi connectivity index (χ2n) is 4.00. The monoisotopic (exact) mass is 287 g/mol. The van der Waals surface area contributed by atoms with E-state index in [0.717, 1.165) is 0 Å². The number of ether oxygens (including phenoxy) is 1. The van der Waals surface area contributed by atoms with Crippen LogP contribution in [0.5, 0.6) is 0 Å². The molecule has 6 nitrogen and oxygen atoms in total. The van der Waals surface area contributed by atoms with Crippen molar-refractivity contribution < 1.29 is 23.1 Å². The van der Waals surface area contributed by atoms with E-state index in [1.807, 2.05) is 0 Å². The van der Waals surface area contributed by atoms with Gasteiger partial charge in [0, 0.05) is 7.11 Å². The number of hydrogen-bond acceptors (Lipinski definition) is 4. The zero-order valence-corrected chi connectivity index (χ0v) is 11.6. The third kappa shape index (κ3) is 4.30. The van der Waals surface area contributed by atoms with E-state index in [0.29, 0.717) is 12.2 Å². The topological polar surface area (TPSA) is 92.7 Å². The van der Waals surface area contributed by atoms with Crippen LogP contribution in [0.25, 0.3) is 0 Å². The molecule has 0 aliphatic heterocycles. The summed E-state index contributed by atoms with van der Waals surface area (Å²) in [5.74, 6) is -1.20. The summed E-state index contributed by atoms with van der Waals surface area (Å²) in [7, 11) is -2.33. The normalized spacial score (nSPS) is 13.2. The van der Waals surface area contributed by atoms with E-state index in [-0.39, 0.29) is 11.3 Å². The van der Waals surface area contributed by atoms with Crippen LogP contribution < -0.4 is 4.72 Å². The molecule has 0 bridgehead atoms. The summed E-state index contributed by atoms with van der Waals surface area (Å²) in [6, 6.07) is 5.06. The minimum absolute atomic E-state index is 0.0294. The smallest absolute Gasteiger partial charge is 0.321 e. The number of aliphatic carboxylic acids is 1. The van der Waals surface area contributed by atoms with Crippen LogP contribution in [0.2, 0.25) is 0 Å². The predicted molar refractivity (Wildman–Crippen MR) is 69.2 cm³/mol. The Balaban J connectivity index is 2.99. The SMILES string of the molecule is CC[C@H](NS(=O)(=O)c1cccc(COC)c1)C(=O)O. The summed E-state index contributed by atoms with van der Waals surface area (Å²) in [5.41, 5.74) is 0.703. The molecule has 1 rings (SSSR count). The summed E-state index contributed by atoms with van der Waals surface area (Å²) in [4.78, 5) is 10.9. The van der Waals surface area contributed by atoms with Crippen molar-refractivity contribution in [2.45, 2.75) is 30.9 Å². The van der Waals surface area contributed by atoms with Gasteiger partial charge in [-0.05, 0) is 24.1 Å². The molecular formula is C12H17NO5S. The molecule has 0 amide bonds. The Bertz CT molecular complexity index is 541. The highest BCUT2D eigenvalue weighted by Crippen LogP contribution is 2.13. The highest BCUT2D eigenvalue weighted by molar-refractivity contribution is 7.89. The molecule has 0 unspecified atom stereocenters. The number of carbonyl (C=O) groups is 1. The zero-order chi connectivity index (χ0) is 14.5. The second-order valence-corrected chi connectivity index (χ2v) is 5.71. The lowest BCUT2D eigenvalue weighted by Crippen LogP contribution is -2.40. The Morgan fingerprint density at radius 2 is 2.16 bits per heavy atom. The second kappa shape index (κ2) is 6.65. The van der Waals surface area contributed by atoms with Crippen molar-refractivity contribution in [3.05, 3.63) is 29.8 Å². The molecule has 0 aliphatic rings. The van der Waals surface area contributed by atoms with Gasteiger partial charge in [-0.2, -0.15) is 4.72 Å². The minimum atomic E-state index is -3.84. The zero-order valence-electron chi connectivity index (χ0n) is 10.8. The number of benzene rings is 1. The first kappa shape index (κ1) is 15.6. The lowest BCUT2D eigenvalue weighted by atomic mass is 10.2. The summed E-state index contributed by atoms with van der Waals surface area (Å²) >= 11 is 0. The number of sulfonamides is 1. The van der Waals surface area contributed by atoms with E-state index in [9.17, 15) is 13.2 Å². The number of rotatable bonds is 7. The van der Waals surface area contributed by atoms with Gasteiger partial charge in [0.15, 0.2) is 0 Å². The van der Waals surface area contributed by atoms with E-state index in [2.05, 4.69) is 4.72 Å². The van der Waals surface area contributed by atoms with Crippen LogP contribution in [0.4, 0.5) is 0 Å². The quantitative estimate of drug-likeness (QED) is 0.779. The molecule has 7 heteroatoms. The van der Waals surface area contributed by atoms with Gasteiger partial charge in [-0.15, -0.1) is 0 Å². The number of carboxylic acids is 1. The van der Waals surface area contributed by atoms with E-state index in [1.54, 1.807) is 19.1 Å². The van der Waals surface area contributed by atoms with Crippen molar-refractivity contribution in [3.8, 4) is 0 Å². The van der Waals surface area contributed by atoms with Crippen molar-refractivity contribution >= 4 is 16.0 Å². The predicted octanol–water partition coefficient (Wildman–Crippen LogP) is 0.975. The molecule has 1 atom stereocenters. The summed E-state index contributed by atoms with van der Waals surface area (Å²) in [6.45, 7) is 1.89. The van der Waals surface area contributed by atoms with Gasteiger partial charge in [-0.1, -0.05) is 19.1 Å². The van der Waals surface area contributed by atoms with E-state index < -0.39 is 22.0 Å². The first-order chi connectivity index (χ1) is 8.90. The molecule has 1 aromatic carbocycles. The molecule has 0 saturated carbocycles. The molecule has 0 fully saturated rings. The number of hydrogen-bond donors (Lipinski definition) is 2. The van der Waals surface area contributed by atoms with Gasteiger partial charge in [0.25, 0.3) is 0 Å². The number of carboxylic acid groups (broad SMARTS) is 1. The molecule has 1 aromatic rings. The van der Waals surface area contributed by atoms with Gasteiger partial charge in [0.1, 0.15) is 6.04 Å². The lowest BCUT2D eigenvalue weighted by Gasteiger charge is -2.13. The van der Waals surface area contributed by atoms with Crippen LogP contribution in [0.1, 0.15) is 18.9 Å². The molecule has 0 aromatic heterocycles. The average Bonchev–Trinajstić information content (AvgIpc) is 2.36. The third-order valence-electron chi connectivity index (χ3n) is 2.52. The fourth-order valence-electron chi connectivity index (χ4n) is 1.53.